The fourth-order valence-electron chi connectivity index (χ4n) is 3.82. The molecule has 28 heavy (non-hydrogen) atoms. The molecule has 2 aliphatic rings. The second-order valence-corrected chi connectivity index (χ2v) is 6.97. The van der Waals surface area contributed by atoms with E-state index in [4.69, 9.17) is 18.6 Å². The van der Waals surface area contributed by atoms with E-state index < -0.39 is 5.41 Å². The van der Waals surface area contributed by atoms with Crippen molar-refractivity contribution in [1.29, 1.82) is 0 Å². The van der Waals surface area contributed by atoms with Crippen molar-refractivity contribution in [2.45, 2.75) is 18.3 Å². The number of rotatable bonds is 3. The molecule has 0 bridgehead atoms. The molecule has 0 N–H and O–H groups in total. The van der Waals surface area contributed by atoms with Crippen molar-refractivity contribution in [3.63, 3.8) is 0 Å². The zero-order valence-corrected chi connectivity index (χ0v) is 15.2. The van der Waals surface area contributed by atoms with Crippen LogP contribution in [0.25, 0.3) is 11.5 Å². The van der Waals surface area contributed by atoms with Crippen molar-refractivity contribution in [3.8, 4) is 23.0 Å². The van der Waals surface area contributed by atoms with Crippen LogP contribution in [0.4, 0.5) is 4.39 Å². The van der Waals surface area contributed by atoms with Crippen molar-refractivity contribution in [2.24, 2.45) is 0 Å². The van der Waals surface area contributed by atoms with Gasteiger partial charge in [0.1, 0.15) is 19.0 Å². The lowest BCUT2D eigenvalue weighted by molar-refractivity contribution is 0.0546. The van der Waals surface area contributed by atoms with Crippen LogP contribution >= 0.6 is 0 Å². The van der Waals surface area contributed by atoms with Crippen molar-refractivity contribution >= 4 is 0 Å². The zero-order chi connectivity index (χ0) is 19.0. The predicted octanol–water partition coefficient (Wildman–Crippen LogP) is 3.74. The lowest BCUT2D eigenvalue weighted by atomic mass is 9.74. The highest BCUT2D eigenvalue weighted by Crippen LogP contribution is 2.42. The molecule has 0 saturated carbocycles. The molecule has 1 saturated heterocycles. The van der Waals surface area contributed by atoms with Gasteiger partial charge in [0.05, 0.1) is 5.41 Å². The molecule has 0 atom stereocenters. The first-order valence-corrected chi connectivity index (χ1v) is 9.32. The SMILES string of the molecule is Fc1ccc(C2(c3nnc(-c4ccc5c(c4)OCCO5)o3)CCOCC2)cc1. The highest BCUT2D eigenvalue weighted by molar-refractivity contribution is 5.60. The molecule has 2 aromatic carbocycles. The van der Waals surface area contributed by atoms with Gasteiger partial charge in [-0.1, -0.05) is 12.1 Å². The van der Waals surface area contributed by atoms with Gasteiger partial charge in [0, 0.05) is 18.8 Å². The Morgan fingerprint density at radius 2 is 1.57 bits per heavy atom. The Kier molecular flexibility index (Phi) is 4.24. The molecule has 0 amide bonds. The number of ether oxygens (including phenoxy) is 3. The first-order chi connectivity index (χ1) is 13.7. The van der Waals surface area contributed by atoms with E-state index in [-0.39, 0.29) is 5.82 Å². The number of fused-ring (bicyclic) bond motifs is 1. The van der Waals surface area contributed by atoms with Crippen molar-refractivity contribution < 1.29 is 23.0 Å². The summed E-state index contributed by atoms with van der Waals surface area (Å²) in [4.78, 5) is 0. The van der Waals surface area contributed by atoms with Crippen LogP contribution in [0.5, 0.6) is 11.5 Å². The Hall–Kier alpha value is -2.93. The van der Waals surface area contributed by atoms with Crippen molar-refractivity contribution in [2.75, 3.05) is 26.4 Å². The maximum atomic E-state index is 13.4. The maximum Gasteiger partial charge on any atom is 0.247 e. The molecule has 7 heteroatoms. The third-order valence-electron chi connectivity index (χ3n) is 5.37. The van der Waals surface area contributed by atoms with Crippen LogP contribution in [-0.4, -0.2) is 36.6 Å². The summed E-state index contributed by atoms with van der Waals surface area (Å²) in [6, 6.07) is 12.1. The van der Waals surface area contributed by atoms with Crippen LogP contribution in [0.15, 0.2) is 46.9 Å². The molecule has 0 unspecified atom stereocenters. The van der Waals surface area contributed by atoms with Crippen LogP contribution in [0.2, 0.25) is 0 Å². The summed E-state index contributed by atoms with van der Waals surface area (Å²) in [6.45, 7) is 2.22. The standard InChI is InChI=1S/C21H19FN2O4/c22-16-4-2-15(3-5-16)21(7-9-25-10-8-21)20-24-23-19(28-20)14-1-6-17-18(13-14)27-12-11-26-17/h1-6,13H,7-12H2. The Morgan fingerprint density at radius 1 is 0.821 bits per heavy atom. The van der Waals surface area contributed by atoms with Crippen molar-refractivity contribution in [1.82, 2.24) is 10.2 Å². The molecule has 0 aliphatic carbocycles. The van der Waals surface area contributed by atoms with Gasteiger partial charge in [0.25, 0.3) is 0 Å². The summed E-state index contributed by atoms with van der Waals surface area (Å²) in [6.07, 6.45) is 1.39. The van der Waals surface area contributed by atoms with E-state index in [1.165, 1.54) is 12.1 Å². The third-order valence-corrected chi connectivity index (χ3v) is 5.37. The van der Waals surface area contributed by atoms with E-state index in [0.717, 1.165) is 11.1 Å². The normalized spacial score (nSPS) is 18.0. The average Bonchev–Trinajstić information content (AvgIpc) is 3.25. The van der Waals surface area contributed by atoms with E-state index >= 15 is 0 Å². The fourth-order valence-corrected chi connectivity index (χ4v) is 3.82. The van der Waals surface area contributed by atoms with Crippen LogP contribution in [0.1, 0.15) is 24.3 Å². The number of halogens is 1. The summed E-state index contributed by atoms with van der Waals surface area (Å²) in [5, 5.41) is 8.63. The monoisotopic (exact) mass is 382 g/mol. The Labute approximate surface area is 161 Å². The van der Waals surface area contributed by atoms with E-state index in [2.05, 4.69) is 10.2 Å². The Morgan fingerprint density at radius 3 is 2.36 bits per heavy atom. The lowest BCUT2D eigenvalue weighted by Crippen LogP contribution is -2.35. The number of benzene rings is 2. The van der Waals surface area contributed by atoms with Crippen LogP contribution < -0.4 is 9.47 Å². The van der Waals surface area contributed by atoms with E-state index in [1.807, 2.05) is 18.2 Å². The van der Waals surface area contributed by atoms with Gasteiger partial charge in [-0.3, -0.25) is 0 Å². The number of aromatic nitrogens is 2. The molecular formula is C21H19FN2O4. The quantitative estimate of drug-likeness (QED) is 0.687. The van der Waals surface area contributed by atoms with E-state index in [0.29, 0.717) is 62.5 Å². The molecule has 2 aliphatic heterocycles. The summed E-state index contributed by atoms with van der Waals surface area (Å²) < 4.78 is 36.3. The molecule has 3 heterocycles. The molecule has 6 nitrogen and oxygen atoms in total. The number of hydrogen-bond acceptors (Lipinski definition) is 6. The van der Waals surface area contributed by atoms with Crippen LogP contribution in [0, 0.1) is 5.82 Å². The molecule has 0 radical (unpaired) electrons. The number of nitrogens with zero attached hydrogens (tertiary/aromatic N) is 2. The first kappa shape index (κ1) is 17.2. The highest BCUT2D eigenvalue weighted by atomic mass is 19.1. The lowest BCUT2D eigenvalue weighted by Gasteiger charge is -2.34. The van der Waals surface area contributed by atoms with Crippen LogP contribution in [-0.2, 0) is 10.2 Å². The first-order valence-electron chi connectivity index (χ1n) is 9.32. The Bertz CT molecular complexity index is 980. The summed E-state index contributed by atoms with van der Waals surface area (Å²) >= 11 is 0. The fraction of sp³-hybridized carbons (Fsp3) is 0.333. The largest absolute Gasteiger partial charge is 0.486 e. The minimum atomic E-state index is -0.481. The van der Waals surface area contributed by atoms with Gasteiger partial charge >= 0.3 is 0 Å². The topological polar surface area (TPSA) is 66.6 Å². The Balaban J connectivity index is 1.53. The van der Waals surface area contributed by atoms with Gasteiger partial charge in [-0.05, 0) is 48.7 Å². The smallest absolute Gasteiger partial charge is 0.247 e. The summed E-state index contributed by atoms with van der Waals surface area (Å²) in [5.74, 6) is 2.05. The average molecular weight is 382 g/mol. The molecule has 1 fully saturated rings. The van der Waals surface area contributed by atoms with Crippen molar-refractivity contribution in [3.05, 3.63) is 59.7 Å². The highest BCUT2D eigenvalue weighted by Gasteiger charge is 2.41. The van der Waals surface area contributed by atoms with E-state index in [9.17, 15) is 4.39 Å². The second kappa shape index (κ2) is 6.91. The molecule has 0 spiro atoms. The van der Waals surface area contributed by atoms with Gasteiger partial charge in [-0.25, -0.2) is 4.39 Å². The van der Waals surface area contributed by atoms with Gasteiger partial charge in [-0.2, -0.15) is 0 Å². The van der Waals surface area contributed by atoms with Gasteiger partial charge in [-0.15, -0.1) is 10.2 Å². The predicted molar refractivity (Wildman–Crippen MR) is 98.0 cm³/mol. The maximum absolute atomic E-state index is 13.4. The zero-order valence-electron chi connectivity index (χ0n) is 15.2. The molecule has 3 aromatic rings. The van der Waals surface area contributed by atoms with Crippen LogP contribution in [0.3, 0.4) is 0 Å². The number of hydrogen-bond donors (Lipinski definition) is 0. The van der Waals surface area contributed by atoms with Gasteiger partial charge in [0.15, 0.2) is 11.5 Å². The minimum absolute atomic E-state index is 0.270. The molecule has 5 rings (SSSR count). The van der Waals surface area contributed by atoms with Gasteiger partial charge < -0.3 is 18.6 Å². The van der Waals surface area contributed by atoms with Gasteiger partial charge in [0.2, 0.25) is 11.8 Å². The minimum Gasteiger partial charge on any atom is -0.486 e. The third kappa shape index (κ3) is 2.92. The molecule has 1 aromatic heterocycles. The van der Waals surface area contributed by atoms with E-state index in [1.54, 1.807) is 12.1 Å². The summed E-state index contributed by atoms with van der Waals surface area (Å²) in [7, 11) is 0. The summed E-state index contributed by atoms with van der Waals surface area (Å²) in [5.41, 5.74) is 1.24. The second-order valence-electron chi connectivity index (χ2n) is 6.97. The molecular weight excluding hydrogens is 363 g/mol. The molecule has 144 valence electrons.